The van der Waals surface area contributed by atoms with Crippen LogP contribution in [0.1, 0.15) is 24.1 Å². The maximum absolute atomic E-state index is 11.6. The molecular formula is C12H12ClNO2. The normalized spacial score (nSPS) is 27.4. The number of halogens is 1. The van der Waals surface area contributed by atoms with E-state index >= 15 is 0 Å². The van der Waals surface area contributed by atoms with Gasteiger partial charge in [-0.1, -0.05) is 23.7 Å². The number of carbonyl (C=O) groups excluding carboxylic acids is 1. The zero-order valence-corrected chi connectivity index (χ0v) is 9.70. The van der Waals surface area contributed by atoms with Gasteiger partial charge in [0.25, 0.3) is 0 Å². The lowest BCUT2D eigenvalue weighted by molar-refractivity contribution is 0.144. The number of fused-ring (bicyclic) bond motifs is 2. The highest BCUT2D eigenvalue weighted by Crippen LogP contribution is 2.38. The average molecular weight is 238 g/mol. The second-order valence-corrected chi connectivity index (χ2v) is 4.73. The van der Waals surface area contributed by atoms with Crippen LogP contribution >= 0.6 is 11.6 Å². The molecule has 2 aliphatic rings. The van der Waals surface area contributed by atoms with Crippen molar-refractivity contribution in [3.05, 3.63) is 34.3 Å². The Balaban J connectivity index is 2.10. The number of cyclic esters (lactones) is 1. The smallest absolute Gasteiger partial charge is 0.410 e. The van der Waals surface area contributed by atoms with Crippen molar-refractivity contribution in [2.75, 3.05) is 6.61 Å². The first-order valence-corrected chi connectivity index (χ1v) is 5.78. The first-order chi connectivity index (χ1) is 7.68. The molecular weight excluding hydrogens is 226 g/mol. The van der Waals surface area contributed by atoms with Crippen LogP contribution in [0.4, 0.5) is 4.79 Å². The summed E-state index contributed by atoms with van der Waals surface area (Å²) in [6, 6.07) is 6.07. The third-order valence-corrected chi connectivity index (χ3v) is 3.82. The van der Waals surface area contributed by atoms with E-state index in [1.165, 1.54) is 0 Å². The molecule has 0 spiro atoms. The van der Waals surface area contributed by atoms with Gasteiger partial charge in [0.2, 0.25) is 0 Å². The van der Waals surface area contributed by atoms with Gasteiger partial charge in [0.05, 0.1) is 12.1 Å². The van der Waals surface area contributed by atoms with Crippen molar-refractivity contribution in [3.8, 4) is 0 Å². The van der Waals surface area contributed by atoms with Crippen LogP contribution in [0, 0.1) is 0 Å². The number of hydrogen-bond donors (Lipinski definition) is 0. The van der Waals surface area contributed by atoms with E-state index in [1.54, 1.807) is 0 Å². The Morgan fingerprint density at radius 2 is 2.31 bits per heavy atom. The summed E-state index contributed by atoms with van der Waals surface area (Å²) in [6.45, 7) is 2.50. The zero-order chi connectivity index (χ0) is 11.3. The Hall–Kier alpha value is -1.22. The van der Waals surface area contributed by atoms with Gasteiger partial charge in [-0.15, -0.1) is 0 Å². The van der Waals surface area contributed by atoms with Crippen LogP contribution < -0.4 is 0 Å². The van der Waals surface area contributed by atoms with Crippen LogP contribution in [0.3, 0.4) is 0 Å². The molecule has 16 heavy (non-hydrogen) atoms. The van der Waals surface area contributed by atoms with Gasteiger partial charge in [-0.05, 0) is 30.5 Å². The molecule has 1 amide bonds. The van der Waals surface area contributed by atoms with Crippen molar-refractivity contribution in [2.45, 2.75) is 25.4 Å². The Kier molecular flexibility index (Phi) is 2.11. The Morgan fingerprint density at radius 1 is 1.50 bits per heavy atom. The van der Waals surface area contributed by atoms with Crippen molar-refractivity contribution in [1.82, 2.24) is 4.90 Å². The maximum atomic E-state index is 11.6. The fraction of sp³-hybridized carbons (Fsp3) is 0.417. The molecule has 1 fully saturated rings. The number of amides is 1. The third-order valence-electron chi connectivity index (χ3n) is 3.47. The first-order valence-electron chi connectivity index (χ1n) is 5.41. The number of carbonyl (C=O) groups is 1. The van der Waals surface area contributed by atoms with Crippen molar-refractivity contribution in [3.63, 3.8) is 0 Å². The summed E-state index contributed by atoms with van der Waals surface area (Å²) >= 11 is 6.19. The van der Waals surface area contributed by atoms with Gasteiger partial charge >= 0.3 is 6.09 Å². The molecule has 0 saturated carbocycles. The fourth-order valence-electron chi connectivity index (χ4n) is 2.67. The summed E-state index contributed by atoms with van der Waals surface area (Å²) in [7, 11) is 0. The minimum Gasteiger partial charge on any atom is -0.447 e. The van der Waals surface area contributed by atoms with Gasteiger partial charge in [-0.25, -0.2) is 4.79 Å². The van der Waals surface area contributed by atoms with Gasteiger partial charge < -0.3 is 4.74 Å². The molecule has 0 aromatic heterocycles. The molecule has 0 bridgehead atoms. The van der Waals surface area contributed by atoms with E-state index in [2.05, 4.69) is 0 Å². The SMILES string of the molecule is C[C@H]1c2cccc(Cl)c2C[C@@H]2COC(=O)N21. The number of rotatable bonds is 0. The third kappa shape index (κ3) is 1.24. The van der Waals surface area contributed by atoms with Gasteiger partial charge in [0.1, 0.15) is 6.61 Å². The topological polar surface area (TPSA) is 29.5 Å². The summed E-state index contributed by atoms with van der Waals surface area (Å²) in [4.78, 5) is 13.4. The van der Waals surface area contributed by atoms with E-state index in [4.69, 9.17) is 16.3 Å². The van der Waals surface area contributed by atoms with Gasteiger partial charge in [0.15, 0.2) is 0 Å². The number of benzene rings is 1. The Labute approximate surface area is 98.9 Å². The van der Waals surface area contributed by atoms with Crippen LogP contribution in [0.15, 0.2) is 18.2 Å². The van der Waals surface area contributed by atoms with Gasteiger partial charge in [-0.2, -0.15) is 0 Å². The minimum atomic E-state index is -0.205. The van der Waals surface area contributed by atoms with E-state index in [9.17, 15) is 4.79 Å². The zero-order valence-electron chi connectivity index (χ0n) is 8.94. The average Bonchev–Trinajstić information content (AvgIpc) is 2.63. The highest BCUT2D eigenvalue weighted by Gasteiger charge is 2.41. The van der Waals surface area contributed by atoms with Crippen LogP contribution in [-0.4, -0.2) is 23.6 Å². The summed E-state index contributed by atoms with van der Waals surface area (Å²) in [5.41, 5.74) is 2.30. The molecule has 1 aromatic rings. The first kappa shape index (κ1) is 9.97. The minimum absolute atomic E-state index is 0.0578. The molecule has 84 valence electrons. The van der Waals surface area contributed by atoms with E-state index in [0.717, 1.165) is 22.6 Å². The van der Waals surface area contributed by atoms with E-state index in [-0.39, 0.29) is 18.2 Å². The molecule has 3 nitrogen and oxygen atoms in total. The molecule has 0 N–H and O–H groups in total. The van der Waals surface area contributed by atoms with Crippen LogP contribution in [0.25, 0.3) is 0 Å². The molecule has 2 heterocycles. The van der Waals surface area contributed by atoms with Crippen LogP contribution in [-0.2, 0) is 11.2 Å². The van der Waals surface area contributed by atoms with Gasteiger partial charge in [0, 0.05) is 5.02 Å². The highest BCUT2D eigenvalue weighted by atomic mass is 35.5. The summed E-state index contributed by atoms with van der Waals surface area (Å²) in [5.74, 6) is 0. The molecule has 0 aliphatic carbocycles. The van der Waals surface area contributed by atoms with E-state index < -0.39 is 0 Å². The second kappa shape index (κ2) is 3.39. The van der Waals surface area contributed by atoms with E-state index in [0.29, 0.717) is 6.61 Å². The van der Waals surface area contributed by atoms with Crippen LogP contribution in [0.2, 0.25) is 5.02 Å². The quantitative estimate of drug-likeness (QED) is 0.695. The maximum Gasteiger partial charge on any atom is 0.410 e. The molecule has 3 rings (SSSR count). The largest absolute Gasteiger partial charge is 0.447 e. The van der Waals surface area contributed by atoms with Crippen molar-refractivity contribution in [2.24, 2.45) is 0 Å². The molecule has 2 aliphatic heterocycles. The highest BCUT2D eigenvalue weighted by molar-refractivity contribution is 6.31. The number of nitrogens with zero attached hydrogens (tertiary/aromatic N) is 1. The number of hydrogen-bond acceptors (Lipinski definition) is 2. The van der Waals surface area contributed by atoms with Crippen LogP contribution in [0.5, 0.6) is 0 Å². The Bertz CT molecular complexity index is 460. The van der Waals surface area contributed by atoms with Crippen molar-refractivity contribution >= 4 is 17.7 Å². The molecule has 1 aromatic carbocycles. The standard InChI is InChI=1S/C12H12ClNO2/c1-7-9-3-2-4-11(13)10(9)5-8-6-16-12(15)14(7)8/h2-4,7-8H,5-6H2,1H3/t7-,8+/m0/s1. The summed E-state index contributed by atoms with van der Waals surface area (Å²) in [5, 5.41) is 0.795. The predicted molar refractivity (Wildman–Crippen MR) is 60.5 cm³/mol. The molecule has 1 saturated heterocycles. The Morgan fingerprint density at radius 3 is 3.12 bits per heavy atom. The lowest BCUT2D eigenvalue weighted by Gasteiger charge is -2.35. The van der Waals surface area contributed by atoms with Gasteiger partial charge in [-0.3, -0.25) is 4.90 Å². The lowest BCUT2D eigenvalue weighted by Crippen LogP contribution is -2.41. The lowest BCUT2D eigenvalue weighted by atomic mass is 9.90. The van der Waals surface area contributed by atoms with Crippen molar-refractivity contribution < 1.29 is 9.53 Å². The van der Waals surface area contributed by atoms with Crippen molar-refractivity contribution in [1.29, 1.82) is 0 Å². The fourth-order valence-corrected chi connectivity index (χ4v) is 2.93. The summed E-state index contributed by atoms with van der Waals surface area (Å²) < 4.78 is 5.09. The molecule has 4 heteroatoms. The predicted octanol–water partition coefficient (Wildman–Crippen LogP) is 2.78. The van der Waals surface area contributed by atoms with E-state index in [1.807, 2.05) is 30.0 Å². The second-order valence-electron chi connectivity index (χ2n) is 4.33. The monoisotopic (exact) mass is 237 g/mol. The molecule has 0 unspecified atom stereocenters. The molecule has 0 radical (unpaired) electrons. The molecule has 2 atom stereocenters. The summed E-state index contributed by atoms with van der Waals surface area (Å²) in [6.07, 6.45) is 0.591. The number of ether oxygens (including phenoxy) is 1.